The molecule has 0 bridgehead atoms. The van der Waals surface area contributed by atoms with Crippen molar-refractivity contribution < 1.29 is 4.39 Å². The van der Waals surface area contributed by atoms with E-state index in [1.807, 2.05) is 6.92 Å². The van der Waals surface area contributed by atoms with Gasteiger partial charge in [-0.2, -0.15) is 0 Å². The molecule has 0 nitrogen and oxygen atoms in total. The molecule has 0 fully saturated rings. The van der Waals surface area contributed by atoms with Crippen molar-refractivity contribution in [1.82, 2.24) is 0 Å². The summed E-state index contributed by atoms with van der Waals surface area (Å²) in [6, 6.07) is 0. The van der Waals surface area contributed by atoms with E-state index in [1.54, 1.807) is 11.8 Å². The first-order valence-corrected chi connectivity index (χ1v) is 5.13. The van der Waals surface area contributed by atoms with Crippen LogP contribution in [0.1, 0.15) is 19.8 Å². The van der Waals surface area contributed by atoms with Gasteiger partial charge in [0.05, 0.1) is 7.85 Å². The SMILES string of the molecule is [B]C(CCCSC(=C)C)C([B])([B])F. The van der Waals surface area contributed by atoms with E-state index in [4.69, 9.17) is 23.5 Å². The highest BCUT2D eigenvalue weighted by Crippen LogP contribution is 2.24. The molecule has 0 aromatic carbocycles. The van der Waals surface area contributed by atoms with Crippen molar-refractivity contribution >= 4 is 35.3 Å². The number of thioether (sulfide) groups is 1. The van der Waals surface area contributed by atoms with Crippen LogP contribution < -0.4 is 0 Å². The van der Waals surface area contributed by atoms with Crippen LogP contribution in [0.25, 0.3) is 0 Å². The van der Waals surface area contributed by atoms with E-state index in [2.05, 4.69) is 6.58 Å². The first-order chi connectivity index (χ1) is 5.84. The maximum absolute atomic E-state index is 12.8. The van der Waals surface area contributed by atoms with Crippen LogP contribution in [0.2, 0.25) is 5.82 Å². The van der Waals surface area contributed by atoms with Crippen molar-refractivity contribution in [2.45, 2.75) is 31.1 Å². The zero-order valence-corrected chi connectivity index (χ0v) is 8.74. The number of rotatable bonds is 6. The molecule has 0 spiro atoms. The fourth-order valence-corrected chi connectivity index (χ4v) is 1.43. The summed E-state index contributed by atoms with van der Waals surface area (Å²) in [6.45, 7) is 5.66. The molecular formula is C8H12B3FS. The first kappa shape index (κ1) is 13.2. The van der Waals surface area contributed by atoms with Gasteiger partial charge < -0.3 is 0 Å². The van der Waals surface area contributed by atoms with Gasteiger partial charge in [-0.3, -0.25) is 4.39 Å². The lowest BCUT2D eigenvalue weighted by molar-refractivity contribution is 0.360. The lowest BCUT2D eigenvalue weighted by Crippen LogP contribution is -2.30. The molecule has 0 saturated carbocycles. The third-order valence-corrected chi connectivity index (χ3v) is 2.56. The van der Waals surface area contributed by atoms with Gasteiger partial charge >= 0.3 is 0 Å². The molecule has 0 rings (SSSR count). The van der Waals surface area contributed by atoms with E-state index in [0.29, 0.717) is 6.42 Å². The van der Waals surface area contributed by atoms with E-state index in [9.17, 15) is 4.39 Å². The zero-order valence-electron chi connectivity index (χ0n) is 7.92. The van der Waals surface area contributed by atoms with Gasteiger partial charge in [-0.05, 0) is 24.0 Å². The molecule has 0 aliphatic carbocycles. The van der Waals surface area contributed by atoms with Gasteiger partial charge in [-0.15, -0.1) is 11.8 Å². The first-order valence-electron chi connectivity index (χ1n) is 4.14. The Balaban J connectivity index is 3.49. The van der Waals surface area contributed by atoms with Gasteiger partial charge in [0, 0.05) is 5.47 Å². The van der Waals surface area contributed by atoms with Gasteiger partial charge in [-0.25, -0.2) is 0 Å². The maximum atomic E-state index is 12.8. The normalized spacial score (nSPS) is 14.0. The maximum Gasteiger partial charge on any atom is 0.106 e. The molecule has 0 aliphatic heterocycles. The third-order valence-electron chi connectivity index (χ3n) is 1.58. The number of alkyl halides is 1. The Hall–Kier alpha value is 0.215. The molecule has 1 unspecified atom stereocenters. The quantitative estimate of drug-likeness (QED) is 0.457. The Kier molecular flexibility index (Phi) is 5.94. The second-order valence-electron chi connectivity index (χ2n) is 3.13. The number of hydrogen-bond acceptors (Lipinski definition) is 1. The highest BCUT2D eigenvalue weighted by molar-refractivity contribution is 8.03. The zero-order chi connectivity index (χ0) is 10.5. The van der Waals surface area contributed by atoms with E-state index in [1.165, 1.54) is 0 Å². The molecule has 0 amide bonds. The van der Waals surface area contributed by atoms with Crippen molar-refractivity contribution in [1.29, 1.82) is 0 Å². The molecule has 0 saturated heterocycles. The van der Waals surface area contributed by atoms with Gasteiger partial charge in [0.2, 0.25) is 0 Å². The predicted molar refractivity (Wildman–Crippen MR) is 61.4 cm³/mol. The smallest absolute Gasteiger partial charge is 0.106 e. The summed E-state index contributed by atoms with van der Waals surface area (Å²) < 4.78 is 12.8. The van der Waals surface area contributed by atoms with Gasteiger partial charge in [-0.1, -0.05) is 18.8 Å². The summed E-state index contributed by atoms with van der Waals surface area (Å²) in [6.07, 6.45) is 1.28. The highest BCUT2D eigenvalue weighted by Gasteiger charge is 2.22. The molecule has 6 radical (unpaired) electrons. The standard InChI is InChI=1S/C8H12B3FS/c1-6(2)13-5-3-4-7(9)8(10,11)12/h7H,1,3-5H2,2H3. The summed E-state index contributed by atoms with van der Waals surface area (Å²) in [5, 5.41) is 0. The Morgan fingerprint density at radius 3 is 2.54 bits per heavy atom. The van der Waals surface area contributed by atoms with E-state index in [0.717, 1.165) is 17.1 Å². The van der Waals surface area contributed by atoms with Crippen molar-refractivity contribution in [2.24, 2.45) is 0 Å². The molecule has 5 heteroatoms. The fraction of sp³-hybridized carbons (Fsp3) is 0.750. The number of allylic oxidation sites excluding steroid dienone is 1. The lowest BCUT2D eigenvalue weighted by Gasteiger charge is -2.24. The minimum atomic E-state index is -2.26. The minimum Gasteiger partial charge on any atom is -0.266 e. The minimum absolute atomic E-state index is 0.490. The topological polar surface area (TPSA) is 0 Å². The third kappa shape index (κ3) is 7.30. The van der Waals surface area contributed by atoms with Crippen molar-refractivity contribution in [3.05, 3.63) is 11.5 Å². The average molecular weight is 192 g/mol. The van der Waals surface area contributed by atoms with E-state index < -0.39 is 11.3 Å². The Morgan fingerprint density at radius 2 is 2.15 bits per heavy atom. The van der Waals surface area contributed by atoms with Crippen molar-refractivity contribution in [2.75, 3.05) is 5.75 Å². The van der Waals surface area contributed by atoms with E-state index >= 15 is 0 Å². The van der Waals surface area contributed by atoms with Crippen LogP contribution >= 0.6 is 11.8 Å². The second kappa shape index (κ2) is 5.84. The molecule has 66 valence electrons. The van der Waals surface area contributed by atoms with Crippen LogP contribution in [0.3, 0.4) is 0 Å². The molecular weight excluding hydrogens is 180 g/mol. The van der Waals surface area contributed by atoms with E-state index in [-0.39, 0.29) is 0 Å². The van der Waals surface area contributed by atoms with Crippen LogP contribution in [-0.4, -0.2) is 34.8 Å². The monoisotopic (exact) mass is 192 g/mol. The van der Waals surface area contributed by atoms with Crippen LogP contribution in [0.15, 0.2) is 11.5 Å². The summed E-state index contributed by atoms with van der Waals surface area (Å²) in [7, 11) is 15.4. The second-order valence-corrected chi connectivity index (χ2v) is 4.52. The van der Waals surface area contributed by atoms with Crippen LogP contribution in [0.5, 0.6) is 0 Å². The molecule has 0 aromatic heterocycles. The average Bonchev–Trinajstić information content (AvgIpc) is 1.95. The van der Waals surface area contributed by atoms with Crippen LogP contribution in [-0.2, 0) is 0 Å². The van der Waals surface area contributed by atoms with Gasteiger partial charge in [0.1, 0.15) is 15.7 Å². The highest BCUT2D eigenvalue weighted by atomic mass is 32.2. The Bertz CT molecular complexity index is 167. The lowest BCUT2D eigenvalue weighted by atomic mass is 9.53. The molecule has 0 N–H and O–H groups in total. The fourth-order valence-electron chi connectivity index (χ4n) is 0.771. The summed E-state index contributed by atoms with van der Waals surface area (Å²) >= 11 is 1.63. The summed E-state index contributed by atoms with van der Waals surface area (Å²) in [5.41, 5.74) is -2.26. The van der Waals surface area contributed by atoms with Crippen LogP contribution in [0.4, 0.5) is 4.39 Å². The molecule has 13 heavy (non-hydrogen) atoms. The largest absolute Gasteiger partial charge is 0.266 e. The predicted octanol–water partition coefficient (Wildman–Crippen LogP) is 1.95. The molecule has 1 atom stereocenters. The Labute approximate surface area is 88.3 Å². The van der Waals surface area contributed by atoms with Crippen molar-refractivity contribution in [3.63, 3.8) is 0 Å². The number of halogens is 1. The van der Waals surface area contributed by atoms with Crippen LogP contribution in [0, 0.1) is 0 Å². The molecule has 0 aliphatic rings. The van der Waals surface area contributed by atoms with Crippen molar-refractivity contribution in [3.8, 4) is 0 Å². The number of hydrogen-bond donors (Lipinski definition) is 0. The summed E-state index contributed by atoms with van der Waals surface area (Å²) in [4.78, 5) is 1.04. The summed E-state index contributed by atoms with van der Waals surface area (Å²) in [5.74, 6) is 0.0808. The molecule has 0 heterocycles. The van der Waals surface area contributed by atoms with Gasteiger partial charge in [0.15, 0.2) is 0 Å². The van der Waals surface area contributed by atoms with Gasteiger partial charge in [0.25, 0.3) is 0 Å². The molecule has 0 aromatic rings. The Morgan fingerprint density at radius 1 is 1.62 bits per heavy atom.